The zero-order chi connectivity index (χ0) is 20.7. The lowest BCUT2D eigenvalue weighted by Gasteiger charge is -2.49. The number of benzene rings is 1. The number of rotatable bonds is 6. The van der Waals surface area contributed by atoms with Gasteiger partial charge in [0.1, 0.15) is 11.6 Å². The van der Waals surface area contributed by atoms with Crippen molar-refractivity contribution in [1.82, 2.24) is 4.90 Å². The number of carbonyl (C=O) groups is 1. The summed E-state index contributed by atoms with van der Waals surface area (Å²) in [6.45, 7) is 7.07. The molecule has 0 bridgehead atoms. The summed E-state index contributed by atoms with van der Waals surface area (Å²) in [6, 6.07) is 5.29. The van der Waals surface area contributed by atoms with Crippen LogP contribution in [0.1, 0.15) is 57.4 Å². The van der Waals surface area contributed by atoms with E-state index in [4.69, 9.17) is 0 Å². The third-order valence-corrected chi connectivity index (χ3v) is 8.48. The Morgan fingerprint density at radius 1 is 1.27 bits per heavy atom. The van der Waals surface area contributed by atoms with Crippen LogP contribution in [0.25, 0.3) is 0 Å². The normalized spacial score (nSPS) is 29.5. The van der Waals surface area contributed by atoms with Crippen LogP contribution < -0.4 is 4.90 Å². The molecule has 1 aromatic carbocycles. The molecule has 30 heavy (non-hydrogen) atoms. The van der Waals surface area contributed by atoms with Gasteiger partial charge in [-0.1, -0.05) is 19.1 Å². The van der Waals surface area contributed by atoms with Gasteiger partial charge >= 0.3 is 0 Å². The SMILES string of the molecule is CCC(=O)CCN1CC2(CCN(C[C@@H]3CC4CCC=C[C@@H]43)CC2)c2cc(F)ccc21. The summed E-state index contributed by atoms with van der Waals surface area (Å²) in [5.74, 6) is 2.78. The van der Waals surface area contributed by atoms with E-state index in [9.17, 15) is 9.18 Å². The maximum atomic E-state index is 14.2. The molecule has 2 aliphatic heterocycles. The fourth-order valence-electron chi connectivity index (χ4n) is 6.58. The first kappa shape index (κ1) is 20.2. The van der Waals surface area contributed by atoms with E-state index in [1.54, 1.807) is 12.1 Å². The fourth-order valence-corrected chi connectivity index (χ4v) is 6.58. The summed E-state index contributed by atoms with van der Waals surface area (Å²) in [5, 5.41) is 0. The van der Waals surface area contributed by atoms with Gasteiger partial charge in [-0.05, 0) is 86.7 Å². The van der Waals surface area contributed by atoms with Crippen molar-refractivity contribution >= 4 is 11.5 Å². The molecule has 0 N–H and O–H groups in total. The minimum atomic E-state index is -0.133. The van der Waals surface area contributed by atoms with E-state index in [0.29, 0.717) is 18.6 Å². The van der Waals surface area contributed by atoms with Crippen LogP contribution in [0, 0.1) is 23.6 Å². The molecule has 162 valence electrons. The second-order valence-electron chi connectivity index (χ2n) is 10.1. The molecule has 3 nitrogen and oxygen atoms in total. The van der Waals surface area contributed by atoms with Gasteiger partial charge in [0.05, 0.1) is 0 Å². The molecule has 0 amide bonds. The number of Topliss-reactive ketones (excluding diaryl/α,β-unsaturated/α-hetero) is 1. The number of allylic oxidation sites excluding steroid dienone is 2. The summed E-state index contributed by atoms with van der Waals surface area (Å²) in [6.07, 6.45) is 12.3. The van der Waals surface area contributed by atoms with E-state index >= 15 is 0 Å². The summed E-state index contributed by atoms with van der Waals surface area (Å²) < 4.78 is 14.2. The van der Waals surface area contributed by atoms with E-state index in [1.165, 1.54) is 31.4 Å². The quantitative estimate of drug-likeness (QED) is 0.620. The fraction of sp³-hybridized carbons (Fsp3) is 0.654. The Labute approximate surface area is 180 Å². The third-order valence-electron chi connectivity index (χ3n) is 8.48. The van der Waals surface area contributed by atoms with E-state index in [2.05, 4.69) is 22.0 Å². The first-order chi connectivity index (χ1) is 14.6. The monoisotopic (exact) mass is 410 g/mol. The lowest BCUT2D eigenvalue weighted by atomic mass is 9.61. The van der Waals surface area contributed by atoms with Crippen molar-refractivity contribution in [2.75, 3.05) is 37.6 Å². The van der Waals surface area contributed by atoms with Gasteiger partial charge in [0.2, 0.25) is 0 Å². The van der Waals surface area contributed by atoms with Crippen LogP contribution in [-0.4, -0.2) is 43.4 Å². The molecule has 1 saturated heterocycles. The number of hydrogen-bond donors (Lipinski definition) is 0. The molecule has 0 aromatic heterocycles. The number of carbonyl (C=O) groups excluding carboxylic acids is 1. The second-order valence-corrected chi connectivity index (χ2v) is 10.1. The molecule has 3 atom stereocenters. The van der Waals surface area contributed by atoms with Gasteiger partial charge in [0, 0.05) is 43.6 Å². The molecule has 1 aromatic rings. The number of anilines is 1. The van der Waals surface area contributed by atoms with Crippen LogP contribution >= 0.6 is 0 Å². The maximum absolute atomic E-state index is 14.2. The van der Waals surface area contributed by atoms with Gasteiger partial charge in [0.25, 0.3) is 0 Å². The van der Waals surface area contributed by atoms with Crippen LogP contribution in [0.15, 0.2) is 30.4 Å². The number of fused-ring (bicyclic) bond motifs is 3. The molecule has 1 unspecified atom stereocenters. The Morgan fingerprint density at radius 2 is 2.10 bits per heavy atom. The minimum Gasteiger partial charge on any atom is -0.370 e. The van der Waals surface area contributed by atoms with Gasteiger partial charge in [-0.2, -0.15) is 0 Å². The van der Waals surface area contributed by atoms with Gasteiger partial charge in [-0.15, -0.1) is 0 Å². The van der Waals surface area contributed by atoms with E-state index in [0.717, 1.165) is 62.5 Å². The Morgan fingerprint density at radius 3 is 2.87 bits per heavy atom. The van der Waals surface area contributed by atoms with Gasteiger partial charge in [0.15, 0.2) is 0 Å². The van der Waals surface area contributed by atoms with Crippen LogP contribution in [0.4, 0.5) is 10.1 Å². The van der Waals surface area contributed by atoms with Crippen molar-refractivity contribution in [2.45, 2.75) is 57.3 Å². The summed E-state index contributed by atoms with van der Waals surface area (Å²) in [7, 11) is 0. The largest absolute Gasteiger partial charge is 0.370 e. The highest BCUT2D eigenvalue weighted by atomic mass is 19.1. The number of nitrogens with zero attached hydrogens (tertiary/aromatic N) is 2. The molecule has 2 heterocycles. The number of halogens is 1. The Bertz CT molecular complexity index is 826. The van der Waals surface area contributed by atoms with Gasteiger partial charge in [-0.25, -0.2) is 4.39 Å². The standard InChI is InChI=1S/C26H35FN2O/c1-2-22(30)9-12-29-18-26(24-16-21(27)7-8-25(24)29)10-13-28(14-11-26)17-20-15-19-5-3-4-6-23(19)20/h4,6-8,16,19-20,23H,2-3,5,9-15,17-18H2,1H3/t19?,20-,23-/m0/s1. The predicted octanol–water partition coefficient (Wildman–Crippen LogP) is 4.95. The summed E-state index contributed by atoms with van der Waals surface area (Å²) in [4.78, 5) is 16.9. The molecule has 5 rings (SSSR count). The van der Waals surface area contributed by atoms with E-state index in [-0.39, 0.29) is 11.2 Å². The van der Waals surface area contributed by atoms with Crippen LogP contribution in [0.5, 0.6) is 0 Å². The second kappa shape index (κ2) is 8.11. The Balaban J connectivity index is 1.25. The van der Waals surface area contributed by atoms with Crippen LogP contribution in [0.2, 0.25) is 0 Å². The highest BCUT2D eigenvalue weighted by Gasteiger charge is 2.46. The number of piperidine rings is 1. The first-order valence-electron chi connectivity index (χ1n) is 12.0. The van der Waals surface area contributed by atoms with Crippen LogP contribution in [-0.2, 0) is 10.2 Å². The topological polar surface area (TPSA) is 23.6 Å². The Hall–Kier alpha value is -1.68. The van der Waals surface area contributed by atoms with Gasteiger partial charge < -0.3 is 9.80 Å². The number of hydrogen-bond acceptors (Lipinski definition) is 3. The predicted molar refractivity (Wildman–Crippen MR) is 119 cm³/mol. The molecule has 1 spiro atoms. The average Bonchev–Trinajstić information content (AvgIpc) is 3.04. The molecule has 0 radical (unpaired) electrons. The first-order valence-corrected chi connectivity index (χ1v) is 12.0. The number of ketones is 1. The lowest BCUT2D eigenvalue weighted by molar-refractivity contribution is -0.118. The van der Waals surface area contributed by atoms with E-state index < -0.39 is 0 Å². The molecule has 2 aliphatic carbocycles. The van der Waals surface area contributed by atoms with Gasteiger partial charge in [-0.3, -0.25) is 4.79 Å². The highest BCUT2D eigenvalue weighted by molar-refractivity contribution is 5.79. The molecule has 2 fully saturated rings. The Kier molecular flexibility index (Phi) is 5.47. The molecule has 1 saturated carbocycles. The van der Waals surface area contributed by atoms with Crippen molar-refractivity contribution in [3.8, 4) is 0 Å². The molecule has 4 heteroatoms. The number of likely N-dealkylation sites (tertiary alicyclic amines) is 1. The van der Waals surface area contributed by atoms with Crippen molar-refractivity contribution < 1.29 is 9.18 Å². The summed E-state index contributed by atoms with van der Waals surface area (Å²) >= 11 is 0. The third kappa shape index (κ3) is 3.62. The van der Waals surface area contributed by atoms with E-state index in [1.807, 2.05) is 13.0 Å². The van der Waals surface area contributed by atoms with Crippen molar-refractivity contribution in [3.05, 3.63) is 41.7 Å². The molecule has 4 aliphatic rings. The van der Waals surface area contributed by atoms with Crippen molar-refractivity contribution in [1.29, 1.82) is 0 Å². The summed E-state index contributed by atoms with van der Waals surface area (Å²) in [5.41, 5.74) is 2.39. The molecular weight excluding hydrogens is 375 g/mol. The molecular formula is C26H35FN2O. The van der Waals surface area contributed by atoms with Crippen molar-refractivity contribution in [3.63, 3.8) is 0 Å². The average molecular weight is 411 g/mol. The highest BCUT2D eigenvalue weighted by Crippen LogP contribution is 2.49. The minimum absolute atomic E-state index is 0.0517. The smallest absolute Gasteiger partial charge is 0.134 e. The van der Waals surface area contributed by atoms with Crippen molar-refractivity contribution in [2.24, 2.45) is 17.8 Å². The zero-order valence-electron chi connectivity index (χ0n) is 18.3. The maximum Gasteiger partial charge on any atom is 0.134 e. The van der Waals surface area contributed by atoms with Crippen LogP contribution in [0.3, 0.4) is 0 Å². The lowest BCUT2D eigenvalue weighted by Crippen LogP contribution is -2.49. The zero-order valence-corrected chi connectivity index (χ0v) is 18.3.